The molecule has 0 amide bonds. The third kappa shape index (κ3) is 2.13. The zero-order valence-electron chi connectivity index (χ0n) is 10.9. The number of hydrogen-bond donors (Lipinski definition) is 1. The Morgan fingerprint density at radius 2 is 2.10 bits per heavy atom. The average Bonchev–Trinajstić information content (AvgIpc) is 2.96. The van der Waals surface area contributed by atoms with Crippen LogP contribution in [0.5, 0.6) is 0 Å². The van der Waals surface area contributed by atoms with Gasteiger partial charge in [-0.3, -0.25) is 4.98 Å². The summed E-state index contributed by atoms with van der Waals surface area (Å²) < 4.78 is 2.66. The number of fused-ring (bicyclic) bond motifs is 2. The standard InChI is InChI=1S/C15H10BrN5/c16-13-9-21-7-6-18-15(21)14(20-13)19-12-3-1-2-10-4-5-17-8-11(10)12/h1-9H,(H,19,20). The SMILES string of the molecule is Brc1cn2ccnc2c(Nc2cccc3ccncc23)n1. The largest absolute Gasteiger partial charge is 0.337 e. The predicted molar refractivity (Wildman–Crippen MR) is 85.7 cm³/mol. The molecule has 3 aromatic heterocycles. The Morgan fingerprint density at radius 1 is 1.14 bits per heavy atom. The van der Waals surface area contributed by atoms with E-state index >= 15 is 0 Å². The Hall–Kier alpha value is -2.47. The molecule has 1 aromatic carbocycles. The van der Waals surface area contributed by atoms with Crippen molar-refractivity contribution in [2.45, 2.75) is 0 Å². The van der Waals surface area contributed by atoms with E-state index in [0.29, 0.717) is 5.82 Å². The number of aromatic nitrogens is 4. The van der Waals surface area contributed by atoms with Crippen molar-refractivity contribution in [2.75, 3.05) is 5.32 Å². The van der Waals surface area contributed by atoms with E-state index < -0.39 is 0 Å². The minimum Gasteiger partial charge on any atom is -0.337 e. The second kappa shape index (κ2) is 4.82. The van der Waals surface area contributed by atoms with Gasteiger partial charge in [0.1, 0.15) is 4.60 Å². The van der Waals surface area contributed by atoms with Gasteiger partial charge in [-0.2, -0.15) is 0 Å². The maximum atomic E-state index is 4.48. The normalized spacial score (nSPS) is 11.1. The predicted octanol–water partition coefficient (Wildman–Crippen LogP) is 3.78. The number of halogens is 1. The molecule has 4 rings (SSSR count). The second-order valence-corrected chi connectivity index (χ2v) is 5.41. The summed E-state index contributed by atoms with van der Waals surface area (Å²) in [4.78, 5) is 13.0. The molecule has 1 N–H and O–H groups in total. The first-order chi connectivity index (χ1) is 10.3. The van der Waals surface area contributed by atoms with Gasteiger partial charge in [-0.05, 0) is 33.4 Å². The zero-order chi connectivity index (χ0) is 14.2. The molecule has 4 aromatic rings. The average molecular weight is 340 g/mol. The number of rotatable bonds is 2. The summed E-state index contributed by atoms with van der Waals surface area (Å²) in [5.41, 5.74) is 1.73. The molecule has 0 spiro atoms. The number of anilines is 2. The first-order valence-corrected chi connectivity index (χ1v) is 7.19. The number of imidazole rings is 1. The first kappa shape index (κ1) is 12.3. The molecule has 21 heavy (non-hydrogen) atoms. The van der Waals surface area contributed by atoms with E-state index in [9.17, 15) is 0 Å². The van der Waals surface area contributed by atoms with E-state index in [1.807, 2.05) is 41.2 Å². The molecule has 6 heteroatoms. The number of pyridine rings is 1. The van der Waals surface area contributed by atoms with E-state index in [0.717, 1.165) is 26.7 Å². The molecule has 0 bridgehead atoms. The maximum Gasteiger partial charge on any atom is 0.180 e. The van der Waals surface area contributed by atoms with Crippen molar-refractivity contribution in [3.63, 3.8) is 0 Å². The lowest BCUT2D eigenvalue weighted by atomic mass is 10.1. The van der Waals surface area contributed by atoms with Crippen LogP contribution in [0.25, 0.3) is 16.4 Å². The highest BCUT2D eigenvalue weighted by Crippen LogP contribution is 2.27. The van der Waals surface area contributed by atoms with Gasteiger partial charge in [0.05, 0.1) is 0 Å². The van der Waals surface area contributed by atoms with Crippen LogP contribution in [-0.4, -0.2) is 19.4 Å². The molecular formula is C15H10BrN5. The molecule has 0 fully saturated rings. The summed E-state index contributed by atoms with van der Waals surface area (Å²) in [6.07, 6.45) is 9.14. The Morgan fingerprint density at radius 3 is 3.05 bits per heavy atom. The fourth-order valence-electron chi connectivity index (χ4n) is 2.33. The molecule has 0 unspecified atom stereocenters. The number of hydrogen-bond acceptors (Lipinski definition) is 4. The van der Waals surface area contributed by atoms with Crippen molar-refractivity contribution in [2.24, 2.45) is 0 Å². The number of benzene rings is 1. The third-order valence-corrected chi connectivity index (χ3v) is 3.66. The molecule has 0 radical (unpaired) electrons. The lowest BCUT2D eigenvalue weighted by Gasteiger charge is -2.10. The van der Waals surface area contributed by atoms with Crippen LogP contribution in [0.2, 0.25) is 0 Å². The third-order valence-electron chi connectivity index (χ3n) is 3.28. The Kier molecular flexibility index (Phi) is 2.82. The minimum atomic E-state index is 0.700. The van der Waals surface area contributed by atoms with Crippen LogP contribution in [0.4, 0.5) is 11.5 Å². The molecule has 0 saturated carbocycles. The summed E-state index contributed by atoms with van der Waals surface area (Å²) >= 11 is 3.42. The fourth-order valence-corrected chi connectivity index (χ4v) is 2.73. The van der Waals surface area contributed by atoms with Crippen LogP contribution in [0, 0.1) is 0 Å². The van der Waals surface area contributed by atoms with Gasteiger partial charge in [0.2, 0.25) is 0 Å². The first-order valence-electron chi connectivity index (χ1n) is 6.40. The van der Waals surface area contributed by atoms with E-state index in [4.69, 9.17) is 0 Å². The van der Waals surface area contributed by atoms with Gasteiger partial charge < -0.3 is 9.72 Å². The smallest absolute Gasteiger partial charge is 0.180 e. The highest BCUT2D eigenvalue weighted by molar-refractivity contribution is 9.10. The molecule has 0 saturated heterocycles. The maximum absolute atomic E-state index is 4.48. The van der Waals surface area contributed by atoms with Gasteiger partial charge in [-0.1, -0.05) is 12.1 Å². The van der Waals surface area contributed by atoms with Gasteiger partial charge in [0.25, 0.3) is 0 Å². The minimum absolute atomic E-state index is 0.700. The number of nitrogens with one attached hydrogen (secondary N) is 1. The Balaban J connectivity index is 1.89. The van der Waals surface area contributed by atoms with Crippen LogP contribution >= 0.6 is 15.9 Å². The number of nitrogens with zero attached hydrogens (tertiary/aromatic N) is 4. The fraction of sp³-hybridized carbons (Fsp3) is 0. The summed E-state index contributed by atoms with van der Waals surface area (Å²) in [5, 5.41) is 5.53. The van der Waals surface area contributed by atoms with Crippen molar-refractivity contribution in [1.29, 1.82) is 0 Å². The molecule has 5 nitrogen and oxygen atoms in total. The summed E-state index contributed by atoms with van der Waals surface area (Å²) in [6.45, 7) is 0. The van der Waals surface area contributed by atoms with Crippen molar-refractivity contribution in [3.8, 4) is 0 Å². The van der Waals surface area contributed by atoms with E-state index in [-0.39, 0.29) is 0 Å². The van der Waals surface area contributed by atoms with Gasteiger partial charge in [0, 0.05) is 42.1 Å². The molecule has 0 aliphatic heterocycles. The monoisotopic (exact) mass is 339 g/mol. The zero-order valence-corrected chi connectivity index (χ0v) is 12.4. The van der Waals surface area contributed by atoms with Gasteiger partial charge >= 0.3 is 0 Å². The highest BCUT2D eigenvalue weighted by Gasteiger charge is 2.08. The van der Waals surface area contributed by atoms with Crippen molar-refractivity contribution >= 4 is 43.9 Å². The van der Waals surface area contributed by atoms with Crippen LogP contribution in [-0.2, 0) is 0 Å². The van der Waals surface area contributed by atoms with E-state index in [1.54, 1.807) is 12.4 Å². The highest BCUT2D eigenvalue weighted by atomic mass is 79.9. The van der Waals surface area contributed by atoms with Gasteiger partial charge in [0.15, 0.2) is 11.5 Å². The van der Waals surface area contributed by atoms with Crippen LogP contribution in [0.1, 0.15) is 0 Å². The lowest BCUT2D eigenvalue weighted by molar-refractivity contribution is 1.10. The summed E-state index contributed by atoms with van der Waals surface area (Å²) in [6, 6.07) is 8.05. The quantitative estimate of drug-likeness (QED) is 0.603. The van der Waals surface area contributed by atoms with Crippen LogP contribution in [0.15, 0.2) is 59.9 Å². The molecule has 0 aliphatic carbocycles. The van der Waals surface area contributed by atoms with E-state index in [1.165, 1.54) is 0 Å². The Bertz CT molecular complexity index is 942. The van der Waals surface area contributed by atoms with E-state index in [2.05, 4.69) is 42.3 Å². The van der Waals surface area contributed by atoms with Crippen molar-refractivity contribution in [1.82, 2.24) is 19.4 Å². The van der Waals surface area contributed by atoms with Crippen molar-refractivity contribution < 1.29 is 0 Å². The molecule has 0 atom stereocenters. The van der Waals surface area contributed by atoms with Gasteiger partial charge in [-0.25, -0.2) is 9.97 Å². The van der Waals surface area contributed by atoms with Crippen molar-refractivity contribution in [3.05, 3.63) is 59.9 Å². The molecule has 102 valence electrons. The lowest BCUT2D eigenvalue weighted by Crippen LogP contribution is -1.99. The molecule has 3 heterocycles. The second-order valence-electron chi connectivity index (χ2n) is 4.60. The Labute approximate surface area is 128 Å². The molecule has 0 aliphatic rings. The van der Waals surface area contributed by atoms with Crippen LogP contribution < -0.4 is 5.32 Å². The van der Waals surface area contributed by atoms with Crippen LogP contribution in [0.3, 0.4) is 0 Å². The summed E-state index contributed by atoms with van der Waals surface area (Å²) in [7, 11) is 0. The molecular weight excluding hydrogens is 330 g/mol. The summed E-state index contributed by atoms with van der Waals surface area (Å²) in [5.74, 6) is 0.700. The van der Waals surface area contributed by atoms with Gasteiger partial charge in [-0.15, -0.1) is 0 Å². The topological polar surface area (TPSA) is 55.1 Å².